The summed E-state index contributed by atoms with van der Waals surface area (Å²) in [6, 6.07) is 6.64. The summed E-state index contributed by atoms with van der Waals surface area (Å²) in [6.45, 7) is -0.260. The fourth-order valence-corrected chi connectivity index (χ4v) is 2.23. The van der Waals surface area contributed by atoms with Crippen LogP contribution in [0.15, 0.2) is 30.3 Å². The zero-order valence-electron chi connectivity index (χ0n) is 15.3. The van der Waals surface area contributed by atoms with Gasteiger partial charge in [-0.05, 0) is 19.3 Å². The second-order valence-corrected chi connectivity index (χ2v) is 6.11. The number of ketones is 1. The number of rotatable bonds is 11. The third-order valence-electron chi connectivity index (χ3n) is 3.79. The standard InChI is InChI=1S/C18H21F3N2O6/c19-18(20,21)17(28)23-9-5-4-8-12(22)16(27)29-14(15(25)26)10-13(24)11-6-2-1-3-7-11/h1-3,6-7,12,14H,4-5,8-10,22H2,(H,23,28)(H,25,26)/t12-,14-/m0/s1. The molecule has 160 valence electrons. The summed E-state index contributed by atoms with van der Waals surface area (Å²) < 4.78 is 40.8. The van der Waals surface area contributed by atoms with Crippen molar-refractivity contribution >= 4 is 23.6 Å². The number of amides is 1. The quantitative estimate of drug-likeness (QED) is 0.281. The highest BCUT2D eigenvalue weighted by Crippen LogP contribution is 2.14. The van der Waals surface area contributed by atoms with Crippen molar-refractivity contribution in [1.82, 2.24) is 5.32 Å². The average molecular weight is 418 g/mol. The lowest BCUT2D eigenvalue weighted by Gasteiger charge is -2.16. The minimum atomic E-state index is -4.97. The van der Waals surface area contributed by atoms with E-state index in [0.717, 1.165) is 0 Å². The van der Waals surface area contributed by atoms with Gasteiger partial charge in [-0.1, -0.05) is 30.3 Å². The minimum Gasteiger partial charge on any atom is -0.478 e. The summed E-state index contributed by atoms with van der Waals surface area (Å²) in [4.78, 5) is 45.9. The molecule has 1 rings (SSSR count). The van der Waals surface area contributed by atoms with Crippen LogP contribution in [0.2, 0.25) is 0 Å². The SMILES string of the molecule is N[C@@H](CCCCNC(=O)C(F)(F)F)C(=O)O[C@@H](CC(=O)c1ccccc1)C(=O)O. The number of benzene rings is 1. The number of carbonyl (C=O) groups excluding carboxylic acids is 3. The Morgan fingerprint density at radius 1 is 1.10 bits per heavy atom. The molecule has 0 fully saturated rings. The molecule has 29 heavy (non-hydrogen) atoms. The van der Waals surface area contributed by atoms with Crippen molar-refractivity contribution in [2.24, 2.45) is 5.73 Å². The molecule has 0 saturated carbocycles. The Bertz CT molecular complexity index is 724. The van der Waals surface area contributed by atoms with E-state index in [0.29, 0.717) is 0 Å². The fourth-order valence-electron chi connectivity index (χ4n) is 2.23. The fraction of sp³-hybridized carbons (Fsp3) is 0.444. The number of aliphatic carboxylic acids is 1. The molecule has 1 amide bonds. The first kappa shape index (κ1) is 24.1. The molecule has 0 unspecified atom stereocenters. The number of halogens is 3. The van der Waals surface area contributed by atoms with Crippen LogP contribution in [-0.2, 0) is 19.1 Å². The lowest BCUT2D eigenvalue weighted by atomic mass is 10.1. The first-order valence-corrected chi connectivity index (χ1v) is 8.64. The smallest absolute Gasteiger partial charge is 0.471 e. The van der Waals surface area contributed by atoms with Crippen molar-refractivity contribution in [1.29, 1.82) is 0 Å². The average Bonchev–Trinajstić information content (AvgIpc) is 2.66. The van der Waals surface area contributed by atoms with E-state index in [1.165, 1.54) is 12.1 Å². The summed E-state index contributed by atoms with van der Waals surface area (Å²) >= 11 is 0. The summed E-state index contributed by atoms with van der Waals surface area (Å²) in [7, 11) is 0. The summed E-state index contributed by atoms with van der Waals surface area (Å²) in [5.41, 5.74) is 5.86. The van der Waals surface area contributed by atoms with Crippen molar-refractivity contribution < 1.29 is 42.2 Å². The van der Waals surface area contributed by atoms with Gasteiger partial charge in [0.2, 0.25) is 6.10 Å². The van der Waals surface area contributed by atoms with E-state index < -0.39 is 48.4 Å². The zero-order valence-corrected chi connectivity index (χ0v) is 15.3. The number of carboxylic acids is 1. The van der Waals surface area contributed by atoms with Crippen molar-refractivity contribution in [3.8, 4) is 0 Å². The third-order valence-corrected chi connectivity index (χ3v) is 3.79. The lowest BCUT2D eigenvalue weighted by molar-refractivity contribution is -0.173. The van der Waals surface area contributed by atoms with Gasteiger partial charge in [0.25, 0.3) is 0 Å². The second-order valence-electron chi connectivity index (χ2n) is 6.11. The van der Waals surface area contributed by atoms with E-state index in [-0.39, 0.29) is 31.4 Å². The second kappa shape index (κ2) is 11.1. The van der Waals surface area contributed by atoms with E-state index in [9.17, 15) is 32.3 Å². The molecule has 4 N–H and O–H groups in total. The number of unbranched alkanes of at least 4 members (excludes halogenated alkanes) is 1. The number of ether oxygens (including phenoxy) is 1. The van der Waals surface area contributed by atoms with Crippen LogP contribution >= 0.6 is 0 Å². The molecule has 0 radical (unpaired) electrons. The van der Waals surface area contributed by atoms with Gasteiger partial charge in [0.05, 0.1) is 6.42 Å². The van der Waals surface area contributed by atoms with Crippen LogP contribution in [0.1, 0.15) is 36.0 Å². The molecule has 1 aromatic rings. The van der Waals surface area contributed by atoms with Gasteiger partial charge in [-0.15, -0.1) is 0 Å². The first-order chi connectivity index (χ1) is 13.5. The predicted molar refractivity (Wildman–Crippen MR) is 93.8 cm³/mol. The van der Waals surface area contributed by atoms with Crippen molar-refractivity contribution in [2.75, 3.05) is 6.54 Å². The molecule has 0 saturated heterocycles. The number of carboxylic acid groups (broad SMARTS) is 1. The largest absolute Gasteiger partial charge is 0.478 e. The van der Waals surface area contributed by atoms with Crippen LogP contribution in [0.5, 0.6) is 0 Å². The van der Waals surface area contributed by atoms with Gasteiger partial charge in [-0.2, -0.15) is 13.2 Å². The van der Waals surface area contributed by atoms with E-state index >= 15 is 0 Å². The number of nitrogens with one attached hydrogen (secondary N) is 1. The summed E-state index contributed by atoms with van der Waals surface area (Å²) in [5.74, 6) is -5.14. The van der Waals surface area contributed by atoms with Crippen molar-refractivity contribution in [2.45, 2.75) is 44.0 Å². The zero-order chi connectivity index (χ0) is 22.0. The van der Waals surface area contributed by atoms with Gasteiger partial charge >= 0.3 is 24.0 Å². The van der Waals surface area contributed by atoms with Gasteiger partial charge in [0, 0.05) is 12.1 Å². The van der Waals surface area contributed by atoms with E-state index in [2.05, 4.69) is 0 Å². The maximum Gasteiger partial charge on any atom is 0.471 e. The molecular formula is C18H21F3N2O6. The number of esters is 1. The van der Waals surface area contributed by atoms with E-state index in [4.69, 9.17) is 15.6 Å². The summed E-state index contributed by atoms with van der Waals surface area (Å²) in [5, 5.41) is 10.8. The summed E-state index contributed by atoms with van der Waals surface area (Å²) in [6.07, 6.45) is -6.94. The van der Waals surface area contributed by atoms with Crippen molar-refractivity contribution in [3.05, 3.63) is 35.9 Å². The number of alkyl halides is 3. The van der Waals surface area contributed by atoms with Crippen LogP contribution in [-0.4, -0.2) is 53.6 Å². The molecule has 0 bridgehead atoms. The maximum atomic E-state index is 12.1. The Morgan fingerprint density at radius 3 is 2.28 bits per heavy atom. The number of carbonyl (C=O) groups is 4. The molecule has 0 aliphatic carbocycles. The Hall–Kier alpha value is -2.95. The molecule has 0 aromatic heterocycles. The highest BCUT2D eigenvalue weighted by molar-refractivity contribution is 5.98. The Kier molecular flexibility index (Phi) is 9.26. The van der Waals surface area contributed by atoms with Gasteiger partial charge in [-0.3, -0.25) is 14.4 Å². The number of nitrogens with two attached hydrogens (primary N) is 1. The first-order valence-electron chi connectivity index (χ1n) is 8.64. The number of hydrogen-bond acceptors (Lipinski definition) is 6. The van der Waals surface area contributed by atoms with Crippen LogP contribution < -0.4 is 11.1 Å². The Labute approximate surface area is 164 Å². The lowest BCUT2D eigenvalue weighted by Crippen LogP contribution is -2.39. The maximum absolute atomic E-state index is 12.1. The molecular weight excluding hydrogens is 397 g/mol. The number of Topliss-reactive ketones (excluding diaryl/α,β-unsaturated/α-hetero) is 1. The topological polar surface area (TPSA) is 136 Å². The van der Waals surface area contributed by atoms with Crippen LogP contribution in [0.4, 0.5) is 13.2 Å². The molecule has 0 aliphatic heterocycles. The predicted octanol–water partition coefficient (Wildman–Crippen LogP) is 1.43. The van der Waals surface area contributed by atoms with E-state index in [1.807, 2.05) is 0 Å². The highest BCUT2D eigenvalue weighted by Gasteiger charge is 2.38. The van der Waals surface area contributed by atoms with Crippen LogP contribution in [0.3, 0.4) is 0 Å². The van der Waals surface area contributed by atoms with Gasteiger partial charge in [0.1, 0.15) is 6.04 Å². The molecule has 2 atom stereocenters. The van der Waals surface area contributed by atoms with Gasteiger partial charge in [0.15, 0.2) is 5.78 Å². The molecule has 1 aromatic carbocycles. The van der Waals surface area contributed by atoms with Crippen LogP contribution in [0, 0.1) is 0 Å². The molecule has 8 nitrogen and oxygen atoms in total. The van der Waals surface area contributed by atoms with E-state index in [1.54, 1.807) is 23.5 Å². The van der Waals surface area contributed by atoms with Crippen LogP contribution in [0.25, 0.3) is 0 Å². The molecule has 0 aliphatic rings. The normalized spacial score (nSPS) is 13.2. The van der Waals surface area contributed by atoms with Crippen molar-refractivity contribution in [3.63, 3.8) is 0 Å². The molecule has 11 heteroatoms. The van der Waals surface area contributed by atoms with Gasteiger partial charge < -0.3 is 20.9 Å². The minimum absolute atomic E-state index is 0.000305. The third kappa shape index (κ3) is 8.73. The molecule has 0 heterocycles. The number of hydrogen-bond donors (Lipinski definition) is 3. The monoisotopic (exact) mass is 418 g/mol. The Balaban J connectivity index is 2.43. The Morgan fingerprint density at radius 2 is 1.72 bits per heavy atom. The molecule has 0 spiro atoms. The highest BCUT2D eigenvalue weighted by atomic mass is 19.4. The van der Waals surface area contributed by atoms with Gasteiger partial charge in [-0.25, -0.2) is 4.79 Å².